The van der Waals surface area contributed by atoms with Crippen molar-refractivity contribution < 1.29 is 9.53 Å². The molecule has 2 aromatic heterocycles. The molecule has 0 unspecified atom stereocenters. The lowest BCUT2D eigenvalue weighted by molar-refractivity contribution is -0.140. The first-order valence-electron chi connectivity index (χ1n) is 10.7. The van der Waals surface area contributed by atoms with E-state index >= 15 is 0 Å². The van der Waals surface area contributed by atoms with Gasteiger partial charge in [0.05, 0.1) is 31.3 Å². The minimum atomic E-state index is -0.252. The van der Waals surface area contributed by atoms with Crippen LogP contribution in [0.5, 0.6) is 0 Å². The van der Waals surface area contributed by atoms with Gasteiger partial charge < -0.3 is 19.5 Å². The van der Waals surface area contributed by atoms with Crippen molar-refractivity contribution in [3.8, 4) is 5.69 Å². The number of hydrogen-bond acceptors (Lipinski definition) is 4. The number of hydrogen-bond donors (Lipinski definition) is 1. The van der Waals surface area contributed by atoms with E-state index in [9.17, 15) is 4.79 Å². The van der Waals surface area contributed by atoms with Crippen LogP contribution in [0.15, 0.2) is 54.7 Å². The molecule has 0 amide bonds. The first kappa shape index (κ1) is 22.0. The summed E-state index contributed by atoms with van der Waals surface area (Å²) in [5, 5.41) is 4.07. The van der Waals surface area contributed by atoms with Crippen LogP contribution >= 0.6 is 12.2 Å². The van der Waals surface area contributed by atoms with Gasteiger partial charge in [-0.25, -0.2) is 0 Å². The number of aromatic nitrogens is 2. The summed E-state index contributed by atoms with van der Waals surface area (Å²) in [6.07, 6.45) is 2.06. The summed E-state index contributed by atoms with van der Waals surface area (Å²) in [5.74, 6) is -0.252. The molecule has 0 spiro atoms. The van der Waals surface area contributed by atoms with Crippen LogP contribution in [0.3, 0.4) is 0 Å². The number of methoxy groups -OCH3 is 1. The number of pyridine rings is 1. The third kappa shape index (κ3) is 4.00. The minimum absolute atomic E-state index is 0.0916. The SMILES string of the molecule is COC(=O)CCN1C(=S)N[C@@H](c2ccccn2)[C@@H]1c1cc(C)n(-c2ccccc2C)c1C. The Bertz CT molecular complexity index is 1140. The highest BCUT2D eigenvalue weighted by atomic mass is 32.1. The summed E-state index contributed by atoms with van der Waals surface area (Å²) >= 11 is 5.71. The molecule has 1 aliphatic rings. The van der Waals surface area contributed by atoms with Gasteiger partial charge in [-0.05, 0) is 68.4 Å². The molecule has 1 fully saturated rings. The van der Waals surface area contributed by atoms with Crippen LogP contribution < -0.4 is 5.32 Å². The van der Waals surface area contributed by atoms with Gasteiger partial charge in [0.2, 0.25) is 0 Å². The van der Waals surface area contributed by atoms with Crippen LogP contribution in [-0.4, -0.2) is 39.2 Å². The van der Waals surface area contributed by atoms with Gasteiger partial charge >= 0.3 is 5.97 Å². The average Bonchev–Trinajstić information content (AvgIpc) is 3.28. The quantitative estimate of drug-likeness (QED) is 0.447. The second kappa shape index (κ2) is 9.12. The van der Waals surface area contributed by atoms with Crippen LogP contribution in [0.4, 0.5) is 0 Å². The standard InChI is InChI=1S/C25H28N4O2S/c1-16-9-5-6-11-21(16)29-17(2)15-19(18(29)3)24-23(20-10-7-8-13-26-20)27-25(32)28(24)14-12-22(30)31-4/h5-11,13,15,23-24H,12,14H2,1-4H3,(H,27,32)/t23-,24-/m0/s1. The third-order valence-electron chi connectivity index (χ3n) is 6.13. The Hall–Kier alpha value is -3.19. The number of carbonyl (C=O) groups is 1. The predicted octanol–water partition coefficient (Wildman–Crippen LogP) is 4.33. The Morgan fingerprint density at radius 3 is 2.59 bits per heavy atom. The molecular formula is C25H28N4O2S. The molecule has 0 bridgehead atoms. The molecule has 3 heterocycles. The van der Waals surface area contributed by atoms with Crippen molar-refractivity contribution in [2.24, 2.45) is 0 Å². The van der Waals surface area contributed by atoms with E-state index in [0.29, 0.717) is 11.7 Å². The van der Waals surface area contributed by atoms with E-state index in [1.54, 1.807) is 6.20 Å². The molecule has 4 rings (SSSR count). The van der Waals surface area contributed by atoms with Gasteiger partial charge in [0.15, 0.2) is 5.11 Å². The summed E-state index contributed by atoms with van der Waals surface area (Å²) in [6, 6.07) is 16.3. The number of para-hydroxylation sites is 1. The second-order valence-electron chi connectivity index (χ2n) is 8.09. The Morgan fingerprint density at radius 2 is 1.91 bits per heavy atom. The van der Waals surface area contributed by atoms with Crippen molar-refractivity contribution in [1.29, 1.82) is 0 Å². The summed E-state index contributed by atoms with van der Waals surface area (Å²) < 4.78 is 7.16. The van der Waals surface area contributed by atoms with Crippen LogP contribution in [0.2, 0.25) is 0 Å². The van der Waals surface area contributed by atoms with E-state index in [2.05, 4.69) is 70.9 Å². The van der Waals surface area contributed by atoms with E-state index in [0.717, 1.165) is 22.8 Å². The third-order valence-corrected chi connectivity index (χ3v) is 6.48. The van der Waals surface area contributed by atoms with Gasteiger partial charge in [-0.1, -0.05) is 24.3 Å². The Morgan fingerprint density at radius 1 is 1.16 bits per heavy atom. The van der Waals surface area contributed by atoms with Crippen molar-refractivity contribution in [3.63, 3.8) is 0 Å². The van der Waals surface area contributed by atoms with Crippen LogP contribution in [-0.2, 0) is 9.53 Å². The Kier molecular flexibility index (Phi) is 6.28. The van der Waals surface area contributed by atoms with Crippen LogP contribution in [0, 0.1) is 20.8 Å². The molecule has 0 radical (unpaired) electrons. The van der Waals surface area contributed by atoms with E-state index in [1.165, 1.54) is 18.2 Å². The van der Waals surface area contributed by atoms with Crippen molar-refractivity contribution in [1.82, 2.24) is 19.8 Å². The van der Waals surface area contributed by atoms with Crippen molar-refractivity contribution in [2.45, 2.75) is 39.3 Å². The second-order valence-corrected chi connectivity index (χ2v) is 8.48. The maximum atomic E-state index is 11.9. The fourth-order valence-electron chi connectivity index (χ4n) is 4.57. The molecule has 1 saturated heterocycles. The summed E-state index contributed by atoms with van der Waals surface area (Å²) in [7, 11) is 1.41. The van der Waals surface area contributed by atoms with Crippen molar-refractivity contribution in [3.05, 3.63) is 82.9 Å². The molecule has 1 N–H and O–H groups in total. The number of rotatable bonds is 6. The Balaban J connectivity index is 1.81. The topological polar surface area (TPSA) is 59.4 Å². The molecule has 166 valence electrons. The number of ether oxygens (including phenoxy) is 1. The highest BCUT2D eigenvalue weighted by Gasteiger charge is 2.41. The molecule has 32 heavy (non-hydrogen) atoms. The number of nitrogens with one attached hydrogen (secondary N) is 1. The monoisotopic (exact) mass is 448 g/mol. The molecule has 6 nitrogen and oxygen atoms in total. The highest BCUT2D eigenvalue weighted by molar-refractivity contribution is 7.80. The normalized spacial score (nSPS) is 18.0. The van der Waals surface area contributed by atoms with Gasteiger partial charge in [0, 0.05) is 29.8 Å². The zero-order valence-electron chi connectivity index (χ0n) is 18.8. The molecular weight excluding hydrogens is 420 g/mol. The zero-order chi connectivity index (χ0) is 22.8. The van der Waals surface area contributed by atoms with Gasteiger partial charge in [0.25, 0.3) is 0 Å². The minimum Gasteiger partial charge on any atom is -0.469 e. The summed E-state index contributed by atoms with van der Waals surface area (Å²) in [6.45, 7) is 6.86. The molecule has 3 aromatic rings. The van der Waals surface area contributed by atoms with E-state index in [4.69, 9.17) is 17.0 Å². The maximum absolute atomic E-state index is 11.9. The lowest BCUT2D eigenvalue weighted by atomic mass is 9.96. The number of nitrogens with zero attached hydrogens (tertiary/aromatic N) is 3. The fraction of sp³-hybridized carbons (Fsp3) is 0.320. The van der Waals surface area contributed by atoms with Gasteiger partial charge in [-0.3, -0.25) is 9.78 Å². The molecule has 0 aliphatic carbocycles. The molecule has 0 saturated carbocycles. The van der Waals surface area contributed by atoms with Crippen LogP contribution in [0.1, 0.15) is 46.7 Å². The van der Waals surface area contributed by atoms with E-state index in [1.807, 2.05) is 18.2 Å². The van der Waals surface area contributed by atoms with Gasteiger partial charge in [-0.2, -0.15) is 0 Å². The van der Waals surface area contributed by atoms with E-state index < -0.39 is 0 Å². The molecule has 1 aliphatic heterocycles. The largest absolute Gasteiger partial charge is 0.469 e. The highest BCUT2D eigenvalue weighted by Crippen LogP contribution is 2.41. The summed E-state index contributed by atoms with van der Waals surface area (Å²) in [5.41, 5.74) is 6.76. The number of aryl methyl sites for hydroxylation is 2. The lowest BCUT2D eigenvalue weighted by Gasteiger charge is -2.28. The van der Waals surface area contributed by atoms with Gasteiger partial charge in [-0.15, -0.1) is 0 Å². The lowest BCUT2D eigenvalue weighted by Crippen LogP contribution is -2.32. The predicted molar refractivity (Wildman–Crippen MR) is 129 cm³/mol. The maximum Gasteiger partial charge on any atom is 0.307 e. The molecule has 1 aromatic carbocycles. The van der Waals surface area contributed by atoms with Crippen molar-refractivity contribution >= 4 is 23.3 Å². The van der Waals surface area contributed by atoms with Crippen LogP contribution in [0.25, 0.3) is 5.69 Å². The first-order chi connectivity index (χ1) is 15.4. The van der Waals surface area contributed by atoms with E-state index in [-0.39, 0.29) is 24.5 Å². The number of benzene rings is 1. The smallest absolute Gasteiger partial charge is 0.307 e. The number of thiocarbonyl (C=S) groups is 1. The first-order valence-corrected chi connectivity index (χ1v) is 11.1. The fourth-order valence-corrected chi connectivity index (χ4v) is 4.90. The average molecular weight is 449 g/mol. The summed E-state index contributed by atoms with van der Waals surface area (Å²) in [4.78, 5) is 18.6. The Labute approximate surface area is 194 Å². The zero-order valence-corrected chi connectivity index (χ0v) is 19.6. The van der Waals surface area contributed by atoms with Gasteiger partial charge in [0.1, 0.15) is 0 Å². The van der Waals surface area contributed by atoms with Crippen molar-refractivity contribution in [2.75, 3.05) is 13.7 Å². The molecule has 7 heteroatoms. The number of carbonyl (C=O) groups excluding carboxylic acids is 1. The number of esters is 1. The molecule has 2 atom stereocenters.